The molecule has 0 aliphatic carbocycles. The molecule has 1 heterocycles. The summed E-state index contributed by atoms with van der Waals surface area (Å²) in [6.07, 6.45) is -2.07. The number of hydrogen-bond acceptors (Lipinski definition) is 5. The maximum Gasteiger partial charge on any atom is 0.293 e. The first-order valence-corrected chi connectivity index (χ1v) is 8.46. The van der Waals surface area contributed by atoms with Gasteiger partial charge in [-0.25, -0.2) is 13.2 Å². The van der Waals surface area contributed by atoms with Crippen molar-refractivity contribution in [3.05, 3.63) is 63.0 Å². The number of nitriles is 1. The number of benzene rings is 2. The van der Waals surface area contributed by atoms with E-state index in [2.05, 4.69) is 0 Å². The van der Waals surface area contributed by atoms with Crippen LogP contribution in [-0.2, 0) is 12.0 Å². The molecule has 0 saturated heterocycles. The molecule has 146 valence electrons. The number of alkyl halides is 2. The number of halogens is 3. The topological polar surface area (TPSA) is 90.4 Å². The molecule has 0 saturated carbocycles. The molecule has 0 radical (unpaired) electrons. The fourth-order valence-electron chi connectivity index (χ4n) is 3.37. The quantitative estimate of drug-likeness (QED) is 0.624. The maximum atomic E-state index is 13.8. The number of nitro groups is 1. The zero-order valence-electron chi connectivity index (χ0n) is 14.8. The van der Waals surface area contributed by atoms with Crippen LogP contribution in [0.3, 0.4) is 0 Å². The van der Waals surface area contributed by atoms with Crippen LogP contribution in [0.5, 0.6) is 0 Å². The van der Waals surface area contributed by atoms with Gasteiger partial charge in [0, 0.05) is 12.6 Å². The van der Waals surface area contributed by atoms with Gasteiger partial charge in [-0.2, -0.15) is 5.26 Å². The van der Waals surface area contributed by atoms with Gasteiger partial charge in [0.05, 0.1) is 16.2 Å². The second-order valence-electron chi connectivity index (χ2n) is 6.74. The molecule has 0 fully saturated rings. The third kappa shape index (κ3) is 3.27. The smallest absolute Gasteiger partial charge is 0.293 e. The Balaban J connectivity index is 2.19. The lowest BCUT2D eigenvalue weighted by Gasteiger charge is -2.32. The molecule has 9 heteroatoms. The van der Waals surface area contributed by atoms with Crippen LogP contribution in [0.15, 0.2) is 30.3 Å². The standard InChI is InChI=1S/C19H16F3N3O3/c1-19(26,18(21)22)13-4-5-15(16(9-13)25(27)28)24-6-2-3-11-7-14(20)8-12(10-23)17(11)24/h4-5,7-9,18,26H,2-3,6H2,1H3. The van der Waals surface area contributed by atoms with Crippen molar-refractivity contribution >= 4 is 17.1 Å². The highest BCUT2D eigenvalue weighted by Gasteiger charge is 2.37. The van der Waals surface area contributed by atoms with Gasteiger partial charge in [-0.3, -0.25) is 10.1 Å². The van der Waals surface area contributed by atoms with Crippen molar-refractivity contribution < 1.29 is 23.2 Å². The van der Waals surface area contributed by atoms with Gasteiger partial charge in [-0.05, 0) is 49.1 Å². The molecule has 1 aliphatic rings. The van der Waals surface area contributed by atoms with E-state index in [0.29, 0.717) is 30.6 Å². The zero-order valence-corrected chi connectivity index (χ0v) is 14.8. The minimum Gasteiger partial charge on any atom is -0.379 e. The summed E-state index contributed by atoms with van der Waals surface area (Å²) >= 11 is 0. The molecule has 0 bridgehead atoms. The van der Waals surface area contributed by atoms with Crippen LogP contribution in [0.25, 0.3) is 0 Å². The first-order chi connectivity index (χ1) is 13.2. The molecule has 1 unspecified atom stereocenters. The Morgan fingerprint density at radius 2 is 2.07 bits per heavy atom. The molecule has 1 N–H and O–H groups in total. The van der Waals surface area contributed by atoms with Crippen LogP contribution in [0, 0.1) is 27.3 Å². The van der Waals surface area contributed by atoms with Gasteiger partial charge in [0.2, 0.25) is 0 Å². The van der Waals surface area contributed by atoms with Gasteiger partial charge in [-0.15, -0.1) is 0 Å². The van der Waals surface area contributed by atoms with Crippen LogP contribution in [0.2, 0.25) is 0 Å². The summed E-state index contributed by atoms with van der Waals surface area (Å²) in [6.45, 7) is 1.21. The minimum absolute atomic E-state index is 0.0349. The summed E-state index contributed by atoms with van der Waals surface area (Å²) in [5.41, 5.74) is -2.30. The molecule has 1 aliphatic heterocycles. The summed E-state index contributed by atoms with van der Waals surface area (Å²) in [5, 5.41) is 31.0. The van der Waals surface area contributed by atoms with Crippen LogP contribution in [0.4, 0.5) is 30.2 Å². The van der Waals surface area contributed by atoms with E-state index >= 15 is 0 Å². The fourth-order valence-corrected chi connectivity index (χ4v) is 3.37. The second kappa shape index (κ2) is 7.13. The van der Waals surface area contributed by atoms with Gasteiger partial charge in [0.25, 0.3) is 12.1 Å². The molecular formula is C19H16F3N3O3. The molecular weight excluding hydrogens is 375 g/mol. The van der Waals surface area contributed by atoms with Crippen molar-refractivity contribution in [3.8, 4) is 6.07 Å². The summed E-state index contributed by atoms with van der Waals surface area (Å²) in [4.78, 5) is 12.4. The highest BCUT2D eigenvalue weighted by molar-refractivity contribution is 5.79. The molecule has 0 aromatic heterocycles. The summed E-state index contributed by atoms with van der Waals surface area (Å²) < 4.78 is 40.0. The molecule has 6 nitrogen and oxygen atoms in total. The van der Waals surface area contributed by atoms with E-state index in [1.165, 1.54) is 23.1 Å². The summed E-state index contributed by atoms with van der Waals surface area (Å²) in [5.74, 6) is -0.574. The summed E-state index contributed by atoms with van der Waals surface area (Å²) in [7, 11) is 0. The normalized spacial score (nSPS) is 15.7. The Hall–Kier alpha value is -3.12. The van der Waals surface area contributed by atoms with Crippen molar-refractivity contribution in [1.29, 1.82) is 5.26 Å². The predicted molar refractivity (Wildman–Crippen MR) is 95.1 cm³/mol. The van der Waals surface area contributed by atoms with E-state index in [1.54, 1.807) is 0 Å². The molecule has 1 atom stereocenters. The van der Waals surface area contributed by atoms with Crippen LogP contribution < -0.4 is 4.90 Å². The van der Waals surface area contributed by atoms with E-state index in [-0.39, 0.29) is 16.8 Å². The lowest BCUT2D eigenvalue weighted by molar-refractivity contribution is -0.384. The lowest BCUT2D eigenvalue weighted by Crippen LogP contribution is -2.31. The zero-order chi connectivity index (χ0) is 20.6. The second-order valence-corrected chi connectivity index (χ2v) is 6.74. The number of rotatable bonds is 4. The third-order valence-corrected chi connectivity index (χ3v) is 4.84. The van der Waals surface area contributed by atoms with Crippen molar-refractivity contribution in [3.63, 3.8) is 0 Å². The number of aliphatic hydroxyl groups is 1. The Bertz CT molecular complexity index is 986. The van der Waals surface area contributed by atoms with E-state index in [0.717, 1.165) is 19.1 Å². The SMILES string of the molecule is CC(O)(c1ccc(N2CCCc3cc(F)cc(C#N)c32)c([N+](=O)[O-])c1)C(F)F. The lowest BCUT2D eigenvalue weighted by atomic mass is 9.94. The van der Waals surface area contributed by atoms with E-state index in [1.807, 2.05) is 6.07 Å². The number of hydrogen-bond donors (Lipinski definition) is 1. The Morgan fingerprint density at radius 3 is 2.68 bits per heavy atom. The number of aryl methyl sites for hydroxylation is 1. The number of anilines is 2. The highest BCUT2D eigenvalue weighted by atomic mass is 19.3. The van der Waals surface area contributed by atoms with Crippen molar-refractivity contribution in [1.82, 2.24) is 0 Å². The van der Waals surface area contributed by atoms with Crippen LogP contribution in [0.1, 0.15) is 30.0 Å². The van der Waals surface area contributed by atoms with Gasteiger partial charge < -0.3 is 10.0 Å². The number of fused-ring (bicyclic) bond motifs is 1. The van der Waals surface area contributed by atoms with E-state index in [9.17, 15) is 33.7 Å². The Kier molecular flexibility index (Phi) is 5.00. The average Bonchev–Trinajstić information content (AvgIpc) is 2.65. The maximum absolute atomic E-state index is 13.8. The van der Waals surface area contributed by atoms with Crippen LogP contribution in [-0.4, -0.2) is 23.0 Å². The van der Waals surface area contributed by atoms with Crippen molar-refractivity contribution in [2.45, 2.75) is 31.8 Å². The highest BCUT2D eigenvalue weighted by Crippen LogP contribution is 2.42. The average molecular weight is 391 g/mol. The summed E-state index contributed by atoms with van der Waals surface area (Å²) in [6, 6.07) is 7.61. The third-order valence-electron chi connectivity index (χ3n) is 4.84. The van der Waals surface area contributed by atoms with E-state index < -0.39 is 28.5 Å². The van der Waals surface area contributed by atoms with Gasteiger partial charge in [0.15, 0.2) is 0 Å². The number of nitrogens with zero attached hydrogens (tertiary/aromatic N) is 3. The van der Waals surface area contributed by atoms with Crippen LogP contribution >= 0.6 is 0 Å². The van der Waals surface area contributed by atoms with Gasteiger partial charge >= 0.3 is 0 Å². The monoisotopic (exact) mass is 391 g/mol. The van der Waals surface area contributed by atoms with Gasteiger partial charge in [0.1, 0.15) is 23.2 Å². The first-order valence-electron chi connectivity index (χ1n) is 8.46. The predicted octanol–water partition coefficient (Wildman–Crippen LogP) is 4.16. The van der Waals surface area contributed by atoms with Crippen molar-refractivity contribution in [2.24, 2.45) is 0 Å². The molecule has 0 amide bonds. The molecule has 0 spiro atoms. The van der Waals surface area contributed by atoms with E-state index in [4.69, 9.17) is 0 Å². The Morgan fingerprint density at radius 1 is 1.36 bits per heavy atom. The fraction of sp³-hybridized carbons (Fsp3) is 0.316. The molecule has 3 rings (SSSR count). The Labute approximate surface area is 158 Å². The minimum atomic E-state index is -3.14. The first kappa shape index (κ1) is 19.6. The molecule has 28 heavy (non-hydrogen) atoms. The molecule has 2 aromatic rings. The van der Waals surface area contributed by atoms with Gasteiger partial charge in [-0.1, -0.05) is 6.07 Å². The van der Waals surface area contributed by atoms with Crippen molar-refractivity contribution in [2.75, 3.05) is 11.4 Å². The molecule has 2 aromatic carbocycles. The number of nitro benzene ring substituents is 1. The largest absolute Gasteiger partial charge is 0.379 e.